The fraction of sp³-hybridized carbons (Fsp3) is 1.00. The van der Waals surface area contributed by atoms with Gasteiger partial charge in [0.1, 0.15) is 0 Å². The van der Waals surface area contributed by atoms with Crippen molar-refractivity contribution >= 4 is 0 Å². The van der Waals surface area contributed by atoms with Gasteiger partial charge in [0.05, 0.1) is 0 Å². The molecule has 0 aromatic rings. The summed E-state index contributed by atoms with van der Waals surface area (Å²) < 4.78 is 0. The molecule has 2 fully saturated rings. The summed E-state index contributed by atoms with van der Waals surface area (Å²) >= 11 is 0. The molecule has 2 rings (SSSR count). The second-order valence-electron chi connectivity index (χ2n) is 9.45. The van der Waals surface area contributed by atoms with E-state index < -0.39 is 0 Å². The van der Waals surface area contributed by atoms with Crippen LogP contribution in [0.15, 0.2) is 0 Å². The van der Waals surface area contributed by atoms with E-state index in [1.807, 2.05) is 0 Å². The van der Waals surface area contributed by atoms with E-state index >= 15 is 0 Å². The normalized spacial score (nSPS) is 38.6. The van der Waals surface area contributed by atoms with Crippen molar-refractivity contribution in [1.82, 2.24) is 4.90 Å². The Labute approximate surface area is 140 Å². The van der Waals surface area contributed by atoms with E-state index in [0.29, 0.717) is 11.0 Å². The van der Waals surface area contributed by atoms with Gasteiger partial charge in [0, 0.05) is 17.6 Å². The van der Waals surface area contributed by atoms with Gasteiger partial charge in [-0.05, 0) is 76.0 Å². The van der Waals surface area contributed by atoms with Gasteiger partial charge in [0.25, 0.3) is 0 Å². The van der Waals surface area contributed by atoms with Crippen LogP contribution in [0.4, 0.5) is 0 Å². The van der Waals surface area contributed by atoms with Crippen molar-refractivity contribution in [2.45, 2.75) is 112 Å². The molecule has 1 heterocycles. The predicted molar refractivity (Wildman–Crippen MR) is 98.1 cm³/mol. The van der Waals surface area contributed by atoms with Gasteiger partial charge in [-0.15, -0.1) is 0 Å². The minimum Gasteiger partial charge on any atom is -0.291 e. The summed E-state index contributed by atoms with van der Waals surface area (Å²) in [6.07, 6.45) is 8.35. The number of hydrogen-bond donors (Lipinski definition) is 0. The average Bonchev–Trinajstić information content (AvgIpc) is 2.66. The highest BCUT2D eigenvalue weighted by Gasteiger charge is 2.56. The van der Waals surface area contributed by atoms with Gasteiger partial charge in [0.2, 0.25) is 0 Å². The number of hydrogen-bond acceptors (Lipinski definition) is 1. The van der Waals surface area contributed by atoms with E-state index in [4.69, 9.17) is 0 Å². The quantitative estimate of drug-likeness (QED) is 0.604. The Bertz CT molecular complexity index is 366. The summed E-state index contributed by atoms with van der Waals surface area (Å²) in [5, 5.41) is 0. The summed E-state index contributed by atoms with van der Waals surface area (Å²) in [6.45, 7) is 19.9. The van der Waals surface area contributed by atoms with Crippen molar-refractivity contribution in [1.29, 1.82) is 0 Å². The molecule has 3 unspecified atom stereocenters. The minimum atomic E-state index is 0.356. The van der Waals surface area contributed by atoms with Crippen molar-refractivity contribution in [3.8, 4) is 0 Å². The fourth-order valence-corrected chi connectivity index (χ4v) is 6.32. The number of rotatable bonds is 4. The zero-order chi connectivity index (χ0) is 16.7. The fourth-order valence-electron chi connectivity index (χ4n) is 6.32. The first-order valence-electron chi connectivity index (χ1n) is 9.98. The van der Waals surface area contributed by atoms with Crippen LogP contribution in [0.25, 0.3) is 0 Å². The van der Waals surface area contributed by atoms with Crippen LogP contribution < -0.4 is 0 Å². The Hall–Kier alpha value is -0.0400. The van der Waals surface area contributed by atoms with E-state index in [0.717, 1.165) is 29.8 Å². The first-order chi connectivity index (χ1) is 10.2. The monoisotopic (exact) mass is 307 g/mol. The second-order valence-corrected chi connectivity index (χ2v) is 9.45. The third-order valence-corrected chi connectivity index (χ3v) is 7.59. The highest BCUT2D eigenvalue weighted by molar-refractivity contribution is 5.09. The van der Waals surface area contributed by atoms with E-state index in [1.165, 1.54) is 38.5 Å². The second kappa shape index (κ2) is 6.46. The number of nitrogens with zero attached hydrogens (tertiary/aromatic N) is 1. The summed E-state index contributed by atoms with van der Waals surface area (Å²) in [5.74, 6) is 2.55. The first-order valence-corrected chi connectivity index (χ1v) is 9.98. The molecular weight excluding hydrogens is 266 g/mol. The summed E-state index contributed by atoms with van der Waals surface area (Å²) in [4.78, 5) is 2.99. The van der Waals surface area contributed by atoms with Crippen LogP contribution in [0.3, 0.4) is 0 Å². The van der Waals surface area contributed by atoms with Crippen molar-refractivity contribution in [2.75, 3.05) is 0 Å². The zero-order valence-corrected chi connectivity index (χ0v) is 16.6. The van der Waals surface area contributed by atoms with Crippen LogP contribution in [0.5, 0.6) is 0 Å². The van der Waals surface area contributed by atoms with E-state index in [2.05, 4.69) is 60.3 Å². The lowest BCUT2D eigenvalue weighted by atomic mass is 9.71. The van der Waals surface area contributed by atoms with Gasteiger partial charge in [-0.1, -0.05) is 41.0 Å². The lowest BCUT2D eigenvalue weighted by Crippen LogP contribution is -2.57. The molecule has 2 aliphatic rings. The smallest absolute Gasteiger partial charge is 0.0165 e. The Morgan fingerprint density at radius 2 is 1.64 bits per heavy atom. The average molecular weight is 308 g/mol. The highest BCUT2D eigenvalue weighted by Crippen LogP contribution is 2.54. The van der Waals surface area contributed by atoms with Crippen LogP contribution in [0, 0.1) is 23.2 Å². The molecule has 0 bridgehead atoms. The van der Waals surface area contributed by atoms with Crippen LogP contribution in [0.2, 0.25) is 0 Å². The Morgan fingerprint density at radius 3 is 2.09 bits per heavy atom. The van der Waals surface area contributed by atoms with Gasteiger partial charge < -0.3 is 0 Å². The molecule has 1 aliphatic carbocycles. The third-order valence-electron chi connectivity index (χ3n) is 7.59. The van der Waals surface area contributed by atoms with Crippen molar-refractivity contribution in [3.63, 3.8) is 0 Å². The minimum absolute atomic E-state index is 0.356. The van der Waals surface area contributed by atoms with Crippen molar-refractivity contribution < 1.29 is 0 Å². The van der Waals surface area contributed by atoms with Gasteiger partial charge in [-0.3, -0.25) is 4.90 Å². The lowest BCUT2D eigenvalue weighted by molar-refractivity contribution is -0.0270. The maximum Gasteiger partial charge on any atom is 0.0165 e. The van der Waals surface area contributed by atoms with E-state index in [1.54, 1.807) is 0 Å². The highest BCUT2D eigenvalue weighted by atomic mass is 15.3. The topological polar surface area (TPSA) is 3.24 Å². The molecule has 0 N–H and O–H groups in total. The van der Waals surface area contributed by atoms with Crippen molar-refractivity contribution in [2.24, 2.45) is 23.2 Å². The lowest BCUT2D eigenvalue weighted by Gasteiger charge is -2.51. The summed E-state index contributed by atoms with van der Waals surface area (Å²) in [5.41, 5.74) is 0.886. The molecule has 0 aromatic carbocycles. The molecule has 1 saturated heterocycles. The van der Waals surface area contributed by atoms with Crippen molar-refractivity contribution in [3.05, 3.63) is 0 Å². The molecule has 1 heteroatoms. The Balaban J connectivity index is 2.39. The molecule has 1 nitrogen and oxygen atoms in total. The van der Waals surface area contributed by atoms with Crippen LogP contribution in [-0.4, -0.2) is 22.5 Å². The molecule has 4 atom stereocenters. The van der Waals surface area contributed by atoms with Crippen LogP contribution >= 0.6 is 0 Å². The SMILES string of the molecule is CCC1(CC)CC(C)(C)N([C@@H]2C(C)CCCC2C(C)C)C1C. The third kappa shape index (κ3) is 2.87. The molecule has 130 valence electrons. The molecule has 0 amide bonds. The molecule has 1 saturated carbocycles. The Kier molecular flexibility index (Phi) is 5.37. The Morgan fingerprint density at radius 1 is 1.05 bits per heavy atom. The predicted octanol–water partition coefficient (Wildman–Crippen LogP) is 6.13. The maximum absolute atomic E-state index is 2.99. The van der Waals surface area contributed by atoms with E-state index in [-0.39, 0.29) is 0 Å². The molecule has 0 aromatic heterocycles. The molecule has 1 aliphatic heterocycles. The summed E-state index contributed by atoms with van der Waals surface area (Å²) in [7, 11) is 0. The first kappa shape index (κ1) is 18.3. The van der Waals surface area contributed by atoms with Gasteiger partial charge >= 0.3 is 0 Å². The van der Waals surface area contributed by atoms with Crippen LogP contribution in [-0.2, 0) is 0 Å². The number of likely N-dealkylation sites (tertiary alicyclic amines) is 1. The molecule has 0 spiro atoms. The largest absolute Gasteiger partial charge is 0.291 e. The molecule has 22 heavy (non-hydrogen) atoms. The zero-order valence-electron chi connectivity index (χ0n) is 16.6. The van der Waals surface area contributed by atoms with Gasteiger partial charge in [-0.2, -0.15) is 0 Å². The van der Waals surface area contributed by atoms with E-state index in [9.17, 15) is 0 Å². The molecular formula is C21H41N. The summed E-state index contributed by atoms with van der Waals surface area (Å²) in [6, 6.07) is 1.52. The van der Waals surface area contributed by atoms with Crippen LogP contribution in [0.1, 0.15) is 93.9 Å². The van der Waals surface area contributed by atoms with Gasteiger partial charge in [-0.25, -0.2) is 0 Å². The standard InChI is InChI=1S/C21H41N/c1-9-21(10-2)14-20(7,8)22(17(21)6)19-16(5)12-11-13-18(19)15(3)4/h15-19H,9-14H2,1-8H3/t16?,17?,18?,19-/m1/s1. The maximum atomic E-state index is 2.99. The van der Waals surface area contributed by atoms with Gasteiger partial charge in [0.15, 0.2) is 0 Å². The molecule has 0 radical (unpaired) electrons.